The van der Waals surface area contributed by atoms with E-state index in [1.54, 1.807) is 0 Å². The normalized spacial score (nSPS) is 13.9. The fraction of sp³-hybridized carbons (Fsp3) is 0.957. The molecule has 0 saturated carbocycles. The Morgan fingerprint density at radius 2 is 1.08 bits per heavy atom. The number of hydrogen-bond acceptors (Lipinski definition) is 2. The second-order valence-electron chi connectivity index (χ2n) is 7.81. The van der Waals surface area contributed by atoms with Gasteiger partial charge in [-0.25, -0.2) is 0 Å². The lowest BCUT2D eigenvalue weighted by atomic mass is 10.0. The molecule has 0 fully saturated rings. The molecule has 2 heteroatoms. The first-order chi connectivity index (χ1) is 12.2. The summed E-state index contributed by atoms with van der Waals surface area (Å²) in [5, 5.41) is 0. The van der Waals surface area contributed by atoms with Crippen molar-refractivity contribution in [1.29, 1.82) is 0 Å². The smallest absolute Gasteiger partial charge is 0.0590 e. The summed E-state index contributed by atoms with van der Waals surface area (Å²) in [6.45, 7) is 9.02. The zero-order chi connectivity index (χ0) is 18.6. The largest absolute Gasteiger partial charge is 0.378 e. The highest BCUT2D eigenvalue weighted by atomic mass is 16.5. The van der Waals surface area contributed by atoms with Gasteiger partial charge in [0.2, 0.25) is 0 Å². The summed E-state index contributed by atoms with van der Waals surface area (Å²) >= 11 is 0. The third kappa shape index (κ3) is 20.1. The van der Waals surface area contributed by atoms with Crippen LogP contribution in [0.25, 0.3) is 0 Å². The molecule has 0 rings (SSSR count). The van der Waals surface area contributed by atoms with Crippen molar-refractivity contribution in [3.8, 4) is 0 Å². The molecule has 0 amide bonds. The maximum absolute atomic E-state index is 6.14. The Bertz CT molecular complexity index is 244. The van der Waals surface area contributed by atoms with Crippen LogP contribution in [-0.4, -0.2) is 18.8 Å². The first-order valence-electron chi connectivity index (χ1n) is 11.4. The molecule has 0 aromatic carbocycles. The number of nitrogens with two attached hydrogens (primary N) is 1. The molecule has 0 aliphatic rings. The van der Waals surface area contributed by atoms with Crippen molar-refractivity contribution < 1.29 is 4.74 Å². The van der Waals surface area contributed by atoms with Crippen molar-refractivity contribution in [3.63, 3.8) is 0 Å². The Morgan fingerprint density at radius 3 is 1.48 bits per heavy atom. The van der Waals surface area contributed by atoms with E-state index in [0.717, 1.165) is 19.4 Å². The van der Waals surface area contributed by atoms with Crippen LogP contribution in [0, 0.1) is 6.92 Å². The summed E-state index contributed by atoms with van der Waals surface area (Å²) in [5.41, 5.74) is 6.14. The van der Waals surface area contributed by atoms with Crippen LogP contribution in [0.3, 0.4) is 0 Å². The van der Waals surface area contributed by atoms with Crippen LogP contribution in [0.5, 0.6) is 0 Å². The minimum atomic E-state index is 0.0661. The Labute approximate surface area is 159 Å². The van der Waals surface area contributed by atoms with Crippen molar-refractivity contribution in [2.75, 3.05) is 6.61 Å². The third-order valence-electron chi connectivity index (χ3n) is 5.15. The second kappa shape index (κ2) is 20.2. The second-order valence-corrected chi connectivity index (χ2v) is 7.81. The molecular formula is C23H48NO. The zero-order valence-corrected chi connectivity index (χ0v) is 17.6. The van der Waals surface area contributed by atoms with Crippen molar-refractivity contribution in [1.82, 2.24) is 0 Å². The molecule has 0 bridgehead atoms. The standard InChI is InChI=1S/C23H48NO/c1-4-6-7-8-9-10-11-12-13-14-15-16-17-18-19-20-23(24)21-22(3)25-5-2/h22-23H,3-21,24H2,1-2H3. The van der Waals surface area contributed by atoms with Crippen molar-refractivity contribution in [3.05, 3.63) is 6.92 Å². The summed E-state index contributed by atoms with van der Waals surface area (Å²) in [6.07, 6.45) is 23.3. The van der Waals surface area contributed by atoms with E-state index in [2.05, 4.69) is 13.8 Å². The van der Waals surface area contributed by atoms with Gasteiger partial charge in [-0.05, 0) is 26.7 Å². The summed E-state index contributed by atoms with van der Waals surface area (Å²) < 4.78 is 5.45. The molecule has 151 valence electrons. The average Bonchev–Trinajstić information content (AvgIpc) is 2.58. The van der Waals surface area contributed by atoms with Gasteiger partial charge < -0.3 is 10.5 Å². The summed E-state index contributed by atoms with van der Waals surface area (Å²) in [5.74, 6) is 0. The topological polar surface area (TPSA) is 35.2 Å². The molecule has 2 N–H and O–H groups in total. The van der Waals surface area contributed by atoms with E-state index in [4.69, 9.17) is 10.5 Å². The predicted octanol–water partition coefficient (Wildman–Crippen LogP) is 7.20. The maximum Gasteiger partial charge on any atom is 0.0590 e. The third-order valence-corrected chi connectivity index (χ3v) is 5.15. The van der Waals surface area contributed by atoms with Gasteiger partial charge in [-0.1, -0.05) is 103 Å². The van der Waals surface area contributed by atoms with Crippen molar-refractivity contribution in [2.45, 2.75) is 135 Å². The number of ether oxygens (including phenoxy) is 1. The van der Waals surface area contributed by atoms with Crippen molar-refractivity contribution >= 4 is 0 Å². The average molecular weight is 355 g/mol. The van der Waals surface area contributed by atoms with Gasteiger partial charge >= 0.3 is 0 Å². The predicted molar refractivity (Wildman–Crippen MR) is 113 cm³/mol. The van der Waals surface area contributed by atoms with Gasteiger partial charge in [-0.3, -0.25) is 0 Å². The van der Waals surface area contributed by atoms with E-state index in [9.17, 15) is 0 Å². The number of hydrogen-bond donors (Lipinski definition) is 1. The number of rotatable bonds is 20. The Morgan fingerprint density at radius 1 is 0.680 bits per heavy atom. The van der Waals surface area contributed by atoms with Crippen molar-refractivity contribution in [2.24, 2.45) is 5.73 Å². The van der Waals surface area contributed by atoms with Crippen LogP contribution in [0.1, 0.15) is 123 Å². The first-order valence-corrected chi connectivity index (χ1v) is 11.4. The molecule has 0 aliphatic carbocycles. The summed E-state index contributed by atoms with van der Waals surface area (Å²) in [4.78, 5) is 0. The van der Waals surface area contributed by atoms with Crippen LogP contribution >= 0.6 is 0 Å². The zero-order valence-electron chi connectivity index (χ0n) is 17.6. The fourth-order valence-electron chi connectivity index (χ4n) is 3.54. The lowest BCUT2D eigenvalue weighted by molar-refractivity contribution is 0.0825. The highest BCUT2D eigenvalue weighted by Crippen LogP contribution is 2.14. The molecule has 25 heavy (non-hydrogen) atoms. The van der Waals surface area contributed by atoms with Crippen LogP contribution in [0.2, 0.25) is 0 Å². The fourth-order valence-corrected chi connectivity index (χ4v) is 3.54. The van der Waals surface area contributed by atoms with Crippen LogP contribution in [-0.2, 0) is 4.74 Å². The lowest BCUT2D eigenvalue weighted by Crippen LogP contribution is -2.26. The van der Waals surface area contributed by atoms with Gasteiger partial charge in [0.1, 0.15) is 0 Å². The summed E-state index contributed by atoms with van der Waals surface area (Å²) in [6, 6.07) is 0.260. The molecular weight excluding hydrogens is 306 g/mol. The minimum absolute atomic E-state index is 0.0661. The van der Waals surface area contributed by atoms with Gasteiger partial charge in [0.15, 0.2) is 0 Å². The number of unbranched alkanes of at least 4 members (excludes halogenated alkanes) is 14. The molecule has 2 unspecified atom stereocenters. The van der Waals surface area contributed by atoms with E-state index in [1.165, 1.54) is 96.3 Å². The van der Waals surface area contributed by atoms with Gasteiger partial charge in [-0.15, -0.1) is 0 Å². The van der Waals surface area contributed by atoms with Gasteiger partial charge in [0.05, 0.1) is 6.10 Å². The quantitative estimate of drug-likeness (QED) is 0.234. The van der Waals surface area contributed by atoms with Crippen LogP contribution < -0.4 is 5.73 Å². The monoisotopic (exact) mass is 354 g/mol. The maximum atomic E-state index is 6.14. The molecule has 0 spiro atoms. The highest BCUT2D eigenvalue weighted by molar-refractivity contribution is 4.70. The molecule has 0 aromatic heterocycles. The minimum Gasteiger partial charge on any atom is -0.378 e. The molecule has 0 saturated heterocycles. The molecule has 2 nitrogen and oxygen atoms in total. The van der Waals surface area contributed by atoms with Gasteiger partial charge in [0.25, 0.3) is 0 Å². The van der Waals surface area contributed by atoms with Crippen LogP contribution in [0.4, 0.5) is 0 Å². The summed E-state index contributed by atoms with van der Waals surface area (Å²) in [7, 11) is 0. The Hall–Kier alpha value is -0.0800. The first kappa shape index (κ1) is 24.9. The Kier molecular flexibility index (Phi) is 20.2. The van der Waals surface area contributed by atoms with Gasteiger partial charge in [-0.2, -0.15) is 0 Å². The van der Waals surface area contributed by atoms with E-state index in [1.807, 2.05) is 6.92 Å². The SMILES string of the molecule is [CH2]C(CC(N)CCCCCCCCCCCCCCCCC)OCC. The van der Waals surface area contributed by atoms with E-state index < -0.39 is 0 Å². The molecule has 0 aliphatic heterocycles. The molecule has 0 heterocycles. The van der Waals surface area contributed by atoms with E-state index >= 15 is 0 Å². The van der Waals surface area contributed by atoms with Crippen LogP contribution in [0.15, 0.2) is 0 Å². The molecule has 0 aromatic rings. The van der Waals surface area contributed by atoms with Gasteiger partial charge in [0, 0.05) is 12.6 Å². The van der Waals surface area contributed by atoms with E-state index in [-0.39, 0.29) is 12.1 Å². The highest BCUT2D eigenvalue weighted by Gasteiger charge is 2.08. The van der Waals surface area contributed by atoms with E-state index in [0.29, 0.717) is 0 Å². The molecule has 2 atom stereocenters. The molecule has 1 radical (unpaired) electrons. The lowest BCUT2D eigenvalue weighted by Gasteiger charge is -2.17. The Balaban J connectivity index is 3.14.